The van der Waals surface area contributed by atoms with Crippen molar-refractivity contribution < 1.29 is 13.9 Å². The van der Waals surface area contributed by atoms with E-state index in [1.165, 1.54) is 0 Å². The van der Waals surface area contributed by atoms with Gasteiger partial charge in [-0.05, 0) is 26.0 Å². The summed E-state index contributed by atoms with van der Waals surface area (Å²) in [4.78, 5) is 22.9. The summed E-state index contributed by atoms with van der Waals surface area (Å²) in [6, 6.07) is 6.86. The van der Waals surface area contributed by atoms with E-state index >= 15 is 0 Å². The molecule has 3 N–H and O–H groups in total. The van der Waals surface area contributed by atoms with Gasteiger partial charge in [0.05, 0.1) is 23.5 Å². The van der Waals surface area contributed by atoms with Crippen LogP contribution in [-0.2, 0) is 4.74 Å². The molecule has 0 atom stereocenters. The number of aromatic nitrogens is 3. The molecule has 0 unspecified atom stereocenters. The SMILES string of the molecule is CCOC(=O)c1cc(-c2cccc3nc(C)c(F)nc23)[nH]c1N. The van der Waals surface area contributed by atoms with Crippen LogP contribution in [0.1, 0.15) is 23.0 Å². The second-order valence-corrected chi connectivity index (χ2v) is 5.00. The molecule has 7 heteroatoms. The van der Waals surface area contributed by atoms with Gasteiger partial charge in [-0.2, -0.15) is 4.39 Å². The lowest BCUT2D eigenvalue weighted by Crippen LogP contribution is -2.05. The van der Waals surface area contributed by atoms with E-state index in [1.807, 2.05) is 0 Å². The van der Waals surface area contributed by atoms with Gasteiger partial charge in [-0.3, -0.25) is 0 Å². The van der Waals surface area contributed by atoms with Crippen molar-refractivity contribution in [1.82, 2.24) is 15.0 Å². The highest BCUT2D eigenvalue weighted by molar-refractivity contribution is 5.98. The van der Waals surface area contributed by atoms with Crippen LogP contribution < -0.4 is 5.73 Å². The quantitative estimate of drug-likeness (QED) is 0.725. The maximum atomic E-state index is 13.8. The number of nitrogens with two attached hydrogens (primary N) is 1. The first-order chi connectivity index (χ1) is 11.0. The summed E-state index contributed by atoms with van der Waals surface area (Å²) in [6.45, 7) is 3.52. The molecule has 2 aromatic heterocycles. The van der Waals surface area contributed by atoms with E-state index < -0.39 is 11.9 Å². The number of nitrogens with zero attached hydrogens (tertiary/aromatic N) is 2. The number of carbonyl (C=O) groups is 1. The van der Waals surface area contributed by atoms with Crippen LogP contribution in [0, 0.1) is 12.9 Å². The number of nitrogen functional groups attached to an aromatic ring is 1. The lowest BCUT2D eigenvalue weighted by Gasteiger charge is -2.05. The maximum absolute atomic E-state index is 13.8. The fourth-order valence-electron chi connectivity index (χ4n) is 2.36. The zero-order valence-corrected chi connectivity index (χ0v) is 12.7. The Balaban J connectivity index is 2.16. The van der Waals surface area contributed by atoms with Crippen molar-refractivity contribution >= 4 is 22.8 Å². The third kappa shape index (κ3) is 2.61. The minimum Gasteiger partial charge on any atom is -0.462 e. The highest BCUT2D eigenvalue weighted by Gasteiger charge is 2.17. The van der Waals surface area contributed by atoms with Crippen molar-refractivity contribution in [2.24, 2.45) is 0 Å². The molecule has 0 saturated carbocycles. The van der Waals surface area contributed by atoms with Crippen LogP contribution in [-0.4, -0.2) is 27.5 Å². The number of anilines is 1. The molecule has 3 aromatic rings. The summed E-state index contributed by atoms with van der Waals surface area (Å²) in [7, 11) is 0. The van der Waals surface area contributed by atoms with Gasteiger partial charge >= 0.3 is 5.97 Å². The maximum Gasteiger partial charge on any atom is 0.341 e. The molecule has 0 aliphatic rings. The van der Waals surface area contributed by atoms with Gasteiger partial charge in [0.1, 0.15) is 16.9 Å². The second kappa shape index (κ2) is 5.68. The summed E-state index contributed by atoms with van der Waals surface area (Å²) in [5, 5.41) is 0. The highest BCUT2D eigenvalue weighted by atomic mass is 19.1. The summed E-state index contributed by atoms with van der Waals surface area (Å²) < 4.78 is 18.7. The highest BCUT2D eigenvalue weighted by Crippen LogP contribution is 2.29. The Morgan fingerprint density at radius 2 is 2.17 bits per heavy atom. The lowest BCUT2D eigenvalue weighted by molar-refractivity contribution is 0.0528. The van der Waals surface area contributed by atoms with Crippen LogP contribution in [0.5, 0.6) is 0 Å². The van der Waals surface area contributed by atoms with Crippen LogP contribution in [0.15, 0.2) is 24.3 Å². The molecule has 0 amide bonds. The van der Waals surface area contributed by atoms with Crippen molar-refractivity contribution in [2.75, 3.05) is 12.3 Å². The van der Waals surface area contributed by atoms with Crippen LogP contribution in [0.2, 0.25) is 0 Å². The average molecular weight is 314 g/mol. The van der Waals surface area contributed by atoms with E-state index in [4.69, 9.17) is 10.5 Å². The smallest absolute Gasteiger partial charge is 0.341 e. The Bertz CT molecular complexity index is 904. The van der Waals surface area contributed by atoms with Gasteiger partial charge in [-0.25, -0.2) is 14.8 Å². The number of halogens is 1. The zero-order valence-electron chi connectivity index (χ0n) is 12.7. The minimum absolute atomic E-state index is 0.191. The molecular formula is C16H15FN4O2. The van der Waals surface area contributed by atoms with Gasteiger partial charge in [0.2, 0.25) is 5.95 Å². The zero-order chi connectivity index (χ0) is 16.6. The molecule has 0 bridgehead atoms. The first-order valence-corrected chi connectivity index (χ1v) is 7.10. The van der Waals surface area contributed by atoms with Crippen molar-refractivity contribution in [1.29, 1.82) is 0 Å². The molecule has 0 saturated heterocycles. The Hall–Kier alpha value is -2.96. The third-order valence-corrected chi connectivity index (χ3v) is 3.45. The average Bonchev–Trinajstić information content (AvgIpc) is 2.90. The number of aromatic amines is 1. The fourth-order valence-corrected chi connectivity index (χ4v) is 2.36. The number of fused-ring (bicyclic) bond motifs is 1. The van der Waals surface area contributed by atoms with E-state index in [9.17, 15) is 9.18 Å². The number of aryl methyl sites for hydroxylation is 1. The Morgan fingerprint density at radius 1 is 1.39 bits per heavy atom. The van der Waals surface area contributed by atoms with Crippen molar-refractivity contribution in [3.8, 4) is 11.3 Å². The standard InChI is InChI=1S/C16H15FN4O2/c1-3-23-16(22)10-7-12(20-15(10)18)9-5-4-6-11-13(9)21-14(17)8(2)19-11/h4-7,20H,3,18H2,1-2H3. The molecule has 0 aliphatic carbocycles. The Labute approximate surface area is 131 Å². The largest absolute Gasteiger partial charge is 0.462 e. The number of H-pyrrole nitrogens is 1. The molecule has 0 radical (unpaired) electrons. The molecule has 1 aromatic carbocycles. The summed E-state index contributed by atoms with van der Waals surface area (Å²) in [5.74, 6) is -0.952. The lowest BCUT2D eigenvalue weighted by atomic mass is 10.1. The first-order valence-electron chi connectivity index (χ1n) is 7.10. The van der Waals surface area contributed by atoms with Gasteiger partial charge in [0.25, 0.3) is 0 Å². The number of carbonyl (C=O) groups excluding carboxylic acids is 1. The number of hydrogen-bond acceptors (Lipinski definition) is 5. The van der Waals surface area contributed by atoms with Crippen molar-refractivity contribution in [2.45, 2.75) is 13.8 Å². The predicted molar refractivity (Wildman–Crippen MR) is 84.4 cm³/mol. The third-order valence-electron chi connectivity index (χ3n) is 3.45. The molecule has 2 heterocycles. The van der Waals surface area contributed by atoms with E-state index in [1.54, 1.807) is 38.1 Å². The normalized spacial score (nSPS) is 10.9. The van der Waals surface area contributed by atoms with Gasteiger partial charge < -0.3 is 15.5 Å². The van der Waals surface area contributed by atoms with Crippen LogP contribution in [0.4, 0.5) is 10.2 Å². The number of benzene rings is 1. The Kier molecular flexibility index (Phi) is 3.69. The molecule has 0 fully saturated rings. The number of ether oxygens (including phenoxy) is 1. The molecule has 118 valence electrons. The number of hydrogen-bond donors (Lipinski definition) is 2. The molecule has 6 nitrogen and oxygen atoms in total. The molecular weight excluding hydrogens is 299 g/mol. The Morgan fingerprint density at radius 3 is 2.91 bits per heavy atom. The monoisotopic (exact) mass is 314 g/mol. The molecule has 23 heavy (non-hydrogen) atoms. The van der Waals surface area contributed by atoms with Gasteiger partial charge in [0.15, 0.2) is 0 Å². The van der Waals surface area contributed by atoms with Crippen molar-refractivity contribution in [3.63, 3.8) is 0 Å². The summed E-state index contributed by atoms with van der Waals surface area (Å²) in [6.07, 6.45) is 0. The first kappa shape index (κ1) is 15.0. The van der Waals surface area contributed by atoms with Gasteiger partial charge in [-0.15, -0.1) is 0 Å². The van der Waals surface area contributed by atoms with Gasteiger partial charge in [0, 0.05) is 5.56 Å². The van der Waals surface area contributed by atoms with E-state index in [0.29, 0.717) is 22.3 Å². The summed E-state index contributed by atoms with van der Waals surface area (Å²) >= 11 is 0. The summed E-state index contributed by atoms with van der Waals surface area (Å²) in [5.41, 5.74) is 8.42. The number of esters is 1. The molecule has 0 aliphatic heterocycles. The van der Waals surface area contributed by atoms with Crippen LogP contribution >= 0.6 is 0 Å². The minimum atomic E-state index is -0.630. The van der Waals surface area contributed by atoms with Crippen molar-refractivity contribution in [3.05, 3.63) is 41.5 Å². The molecule has 0 spiro atoms. The molecule has 3 rings (SSSR count). The van der Waals surface area contributed by atoms with Crippen LogP contribution in [0.3, 0.4) is 0 Å². The topological polar surface area (TPSA) is 93.9 Å². The van der Waals surface area contributed by atoms with E-state index in [2.05, 4.69) is 15.0 Å². The number of para-hydroxylation sites is 1. The van der Waals surface area contributed by atoms with Gasteiger partial charge in [-0.1, -0.05) is 12.1 Å². The van der Waals surface area contributed by atoms with Crippen LogP contribution in [0.25, 0.3) is 22.3 Å². The number of rotatable bonds is 3. The number of nitrogens with one attached hydrogen (secondary N) is 1. The predicted octanol–water partition coefficient (Wildman–Crippen LogP) is 2.83. The van der Waals surface area contributed by atoms with E-state index in [0.717, 1.165) is 0 Å². The van der Waals surface area contributed by atoms with E-state index in [-0.39, 0.29) is 23.7 Å². The fraction of sp³-hybridized carbons (Fsp3) is 0.188. The second-order valence-electron chi connectivity index (χ2n) is 5.00.